The smallest absolute Gasteiger partial charge is 0.179 e. The molecule has 0 spiro atoms. The SMILES string of the molecule is Cc1cn(C)c2c1CCC2=O. The Labute approximate surface area is 65.8 Å². The Kier molecular flexibility index (Phi) is 1.19. The van der Waals surface area contributed by atoms with Crippen molar-refractivity contribution in [2.24, 2.45) is 7.05 Å². The first-order chi connectivity index (χ1) is 5.20. The summed E-state index contributed by atoms with van der Waals surface area (Å²) in [6.07, 6.45) is 3.68. The molecule has 11 heavy (non-hydrogen) atoms. The molecular weight excluding hydrogens is 138 g/mol. The zero-order valence-electron chi connectivity index (χ0n) is 6.85. The summed E-state index contributed by atoms with van der Waals surface area (Å²) >= 11 is 0. The van der Waals surface area contributed by atoms with Gasteiger partial charge in [-0.2, -0.15) is 0 Å². The minimum Gasteiger partial charge on any atom is -0.348 e. The molecule has 1 aliphatic carbocycles. The normalized spacial score (nSPS) is 15.6. The second kappa shape index (κ2) is 1.97. The van der Waals surface area contributed by atoms with E-state index < -0.39 is 0 Å². The summed E-state index contributed by atoms with van der Waals surface area (Å²) in [5, 5.41) is 0. The van der Waals surface area contributed by atoms with Gasteiger partial charge in [-0.05, 0) is 24.5 Å². The number of nitrogens with zero attached hydrogens (tertiary/aromatic N) is 1. The fourth-order valence-electron chi connectivity index (χ4n) is 1.87. The molecule has 2 heteroatoms. The third-order valence-electron chi connectivity index (χ3n) is 2.37. The second-order valence-corrected chi connectivity index (χ2v) is 3.17. The van der Waals surface area contributed by atoms with E-state index in [-0.39, 0.29) is 0 Å². The summed E-state index contributed by atoms with van der Waals surface area (Å²) in [5.74, 6) is 0.301. The first-order valence-corrected chi connectivity index (χ1v) is 3.88. The molecule has 0 aromatic carbocycles. The molecule has 0 aliphatic heterocycles. The summed E-state index contributed by atoms with van der Waals surface area (Å²) in [6, 6.07) is 0. The van der Waals surface area contributed by atoms with Gasteiger partial charge in [0.1, 0.15) is 0 Å². The third-order valence-corrected chi connectivity index (χ3v) is 2.37. The number of rotatable bonds is 0. The van der Waals surface area contributed by atoms with Crippen LogP contribution in [-0.4, -0.2) is 10.4 Å². The first-order valence-electron chi connectivity index (χ1n) is 3.88. The van der Waals surface area contributed by atoms with Gasteiger partial charge >= 0.3 is 0 Å². The van der Waals surface area contributed by atoms with Crippen molar-refractivity contribution in [2.45, 2.75) is 19.8 Å². The lowest BCUT2D eigenvalue weighted by Crippen LogP contribution is -1.99. The highest BCUT2D eigenvalue weighted by atomic mass is 16.1. The van der Waals surface area contributed by atoms with Gasteiger partial charge in [-0.1, -0.05) is 0 Å². The fraction of sp³-hybridized carbons (Fsp3) is 0.444. The number of fused-ring (bicyclic) bond motifs is 1. The molecule has 0 saturated heterocycles. The molecular formula is C9H11NO. The lowest BCUT2D eigenvalue weighted by molar-refractivity contribution is 0.0987. The van der Waals surface area contributed by atoms with Crippen LogP contribution in [0, 0.1) is 6.92 Å². The van der Waals surface area contributed by atoms with Crippen molar-refractivity contribution in [3.63, 3.8) is 0 Å². The summed E-state index contributed by atoms with van der Waals surface area (Å²) in [4.78, 5) is 11.3. The second-order valence-electron chi connectivity index (χ2n) is 3.17. The van der Waals surface area contributed by atoms with Gasteiger partial charge < -0.3 is 4.57 Å². The van der Waals surface area contributed by atoms with Crippen molar-refractivity contribution < 1.29 is 4.79 Å². The van der Waals surface area contributed by atoms with E-state index in [0.29, 0.717) is 12.2 Å². The molecule has 0 amide bonds. The van der Waals surface area contributed by atoms with Crippen molar-refractivity contribution in [3.05, 3.63) is 23.0 Å². The zero-order chi connectivity index (χ0) is 8.01. The number of hydrogen-bond donors (Lipinski definition) is 0. The standard InChI is InChI=1S/C9H11NO/c1-6-5-10(2)9-7(6)3-4-8(9)11/h5H,3-4H2,1-2H3. The Balaban J connectivity index is 2.69. The predicted octanol–water partition coefficient (Wildman–Crippen LogP) is 1.46. The van der Waals surface area contributed by atoms with Crippen molar-refractivity contribution in [2.75, 3.05) is 0 Å². The highest BCUT2D eigenvalue weighted by Crippen LogP contribution is 2.25. The van der Waals surface area contributed by atoms with Crippen molar-refractivity contribution in [3.8, 4) is 0 Å². The molecule has 1 heterocycles. The van der Waals surface area contributed by atoms with Crippen LogP contribution in [-0.2, 0) is 13.5 Å². The van der Waals surface area contributed by atoms with Crippen LogP contribution in [0.1, 0.15) is 28.0 Å². The number of hydrogen-bond acceptors (Lipinski definition) is 1. The van der Waals surface area contributed by atoms with Gasteiger partial charge in [0.15, 0.2) is 5.78 Å². The number of ketones is 1. The lowest BCUT2D eigenvalue weighted by atomic mass is 10.2. The Morgan fingerprint density at radius 2 is 2.18 bits per heavy atom. The van der Waals surface area contributed by atoms with E-state index >= 15 is 0 Å². The Morgan fingerprint density at radius 3 is 2.82 bits per heavy atom. The Morgan fingerprint density at radius 1 is 1.45 bits per heavy atom. The third kappa shape index (κ3) is 0.754. The minimum atomic E-state index is 0.301. The van der Waals surface area contributed by atoms with Crippen LogP contribution in [0.15, 0.2) is 6.20 Å². The molecule has 2 rings (SSSR count). The van der Waals surface area contributed by atoms with Gasteiger partial charge in [-0.3, -0.25) is 4.79 Å². The molecule has 58 valence electrons. The largest absolute Gasteiger partial charge is 0.348 e. The van der Waals surface area contributed by atoms with Crippen LogP contribution in [0.4, 0.5) is 0 Å². The number of Topliss-reactive ketones (excluding diaryl/α,β-unsaturated/α-hetero) is 1. The molecule has 0 N–H and O–H groups in total. The number of carbonyl (C=O) groups excluding carboxylic acids is 1. The molecule has 1 aromatic rings. The summed E-state index contributed by atoms with van der Waals surface area (Å²) < 4.78 is 1.94. The summed E-state index contributed by atoms with van der Waals surface area (Å²) in [5.41, 5.74) is 3.45. The van der Waals surface area contributed by atoms with Gasteiger partial charge in [-0.25, -0.2) is 0 Å². The molecule has 0 unspecified atom stereocenters. The van der Waals surface area contributed by atoms with E-state index in [9.17, 15) is 4.79 Å². The van der Waals surface area contributed by atoms with Crippen molar-refractivity contribution >= 4 is 5.78 Å². The molecule has 0 saturated carbocycles. The number of carbonyl (C=O) groups is 1. The number of aryl methyl sites for hydroxylation is 2. The minimum absolute atomic E-state index is 0.301. The average molecular weight is 149 g/mol. The molecule has 2 nitrogen and oxygen atoms in total. The summed E-state index contributed by atoms with van der Waals surface area (Å²) in [6.45, 7) is 2.07. The van der Waals surface area contributed by atoms with E-state index in [2.05, 4.69) is 6.92 Å². The maximum absolute atomic E-state index is 11.3. The van der Waals surface area contributed by atoms with E-state index in [1.165, 1.54) is 11.1 Å². The first kappa shape index (κ1) is 6.65. The summed E-state index contributed by atoms with van der Waals surface area (Å²) in [7, 11) is 1.94. The van der Waals surface area contributed by atoms with Gasteiger partial charge in [0, 0.05) is 19.7 Å². The van der Waals surface area contributed by atoms with E-state index in [4.69, 9.17) is 0 Å². The van der Waals surface area contributed by atoms with Gasteiger partial charge in [0.2, 0.25) is 0 Å². The fourth-order valence-corrected chi connectivity index (χ4v) is 1.87. The predicted molar refractivity (Wildman–Crippen MR) is 42.8 cm³/mol. The molecule has 0 radical (unpaired) electrons. The molecule has 0 bridgehead atoms. The highest BCUT2D eigenvalue weighted by Gasteiger charge is 2.24. The van der Waals surface area contributed by atoms with Gasteiger partial charge in [-0.15, -0.1) is 0 Å². The van der Waals surface area contributed by atoms with E-state index in [1.54, 1.807) is 0 Å². The Bertz CT molecular complexity index is 323. The van der Waals surface area contributed by atoms with Crippen LogP contribution in [0.25, 0.3) is 0 Å². The van der Waals surface area contributed by atoms with Gasteiger partial charge in [0.25, 0.3) is 0 Å². The number of aromatic nitrogens is 1. The molecule has 1 aromatic heterocycles. The van der Waals surface area contributed by atoms with Crippen LogP contribution in [0.3, 0.4) is 0 Å². The quantitative estimate of drug-likeness (QED) is 0.547. The van der Waals surface area contributed by atoms with Crippen LogP contribution in [0.5, 0.6) is 0 Å². The van der Waals surface area contributed by atoms with E-state index in [0.717, 1.165) is 12.1 Å². The van der Waals surface area contributed by atoms with Crippen molar-refractivity contribution in [1.29, 1.82) is 0 Å². The monoisotopic (exact) mass is 149 g/mol. The van der Waals surface area contributed by atoms with Crippen molar-refractivity contribution in [1.82, 2.24) is 4.57 Å². The van der Waals surface area contributed by atoms with Crippen LogP contribution in [0.2, 0.25) is 0 Å². The lowest BCUT2D eigenvalue weighted by Gasteiger charge is -1.94. The van der Waals surface area contributed by atoms with Crippen LogP contribution >= 0.6 is 0 Å². The topological polar surface area (TPSA) is 22.0 Å². The molecule has 1 aliphatic rings. The maximum atomic E-state index is 11.3. The highest BCUT2D eigenvalue weighted by molar-refractivity contribution is 5.99. The zero-order valence-corrected chi connectivity index (χ0v) is 6.85. The van der Waals surface area contributed by atoms with Gasteiger partial charge in [0.05, 0.1) is 5.69 Å². The van der Waals surface area contributed by atoms with Crippen LogP contribution < -0.4 is 0 Å². The van der Waals surface area contributed by atoms with E-state index in [1.807, 2.05) is 17.8 Å². The molecule has 0 atom stereocenters. The molecule has 0 fully saturated rings. The average Bonchev–Trinajstić information content (AvgIpc) is 2.41. The Hall–Kier alpha value is -1.05. The maximum Gasteiger partial charge on any atom is 0.179 e.